The van der Waals surface area contributed by atoms with Gasteiger partial charge in [0.1, 0.15) is 11.5 Å². The van der Waals surface area contributed by atoms with Gasteiger partial charge < -0.3 is 15.2 Å². The molecule has 0 aliphatic carbocycles. The number of hydrogen-bond acceptors (Lipinski definition) is 3. The van der Waals surface area contributed by atoms with E-state index < -0.39 is 0 Å². The standard InChI is InChI=1S/C17H19NO3/c1-2-14(12-19)18-17(20)13-8-10-16(11-9-13)21-15-6-4-3-5-7-15/h3-11,14,19H,2,12H2,1H3,(H,18,20)/t14-/m0/s1. The third-order valence-electron chi connectivity index (χ3n) is 3.14. The van der Waals surface area contributed by atoms with E-state index in [1.165, 1.54) is 0 Å². The molecule has 0 bridgehead atoms. The summed E-state index contributed by atoms with van der Waals surface area (Å²) in [6.07, 6.45) is 0.692. The highest BCUT2D eigenvalue weighted by molar-refractivity contribution is 5.94. The molecule has 110 valence electrons. The second-order valence-electron chi connectivity index (χ2n) is 4.70. The van der Waals surface area contributed by atoms with E-state index in [0.29, 0.717) is 17.7 Å². The Morgan fingerprint density at radius 2 is 1.71 bits per heavy atom. The van der Waals surface area contributed by atoms with Crippen molar-refractivity contribution in [3.05, 3.63) is 60.2 Å². The summed E-state index contributed by atoms with van der Waals surface area (Å²) in [5, 5.41) is 11.9. The predicted molar refractivity (Wildman–Crippen MR) is 81.6 cm³/mol. The van der Waals surface area contributed by atoms with Gasteiger partial charge in [-0.05, 0) is 42.8 Å². The van der Waals surface area contributed by atoms with Crippen LogP contribution in [0.1, 0.15) is 23.7 Å². The molecule has 2 aromatic rings. The Bertz CT molecular complexity index is 562. The molecule has 4 heteroatoms. The molecule has 0 unspecified atom stereocenters. The van der Waals surface area contributed by atoms with E-state index in [1.54, 1.807) is 24.3 Å². The summed E-state index contributed by atoms with van der Waals surface area (Å²) in [7, 11) is 0. The topological polar surface area (TPSA) is 58.6 Å². The van der Waals surface area contributed by atoms with E-state index in [2.05, 4.69) is 5.32 Å². The highest BCUT2D eigenvalue weighted by Crippen LogP contribution is 2.21. The average Bonchev–Trinajstić information content (AvgIpc) is 2.54. The maximum Gasteiger partial charge on any atom is 0.251 e. The first-order valence-corrected chi connectivity index (χ1v) is 6.97. The lowest BCUT2D eigenvalue weighted by atomic mass is 10.1. The number of hydrogen-bond donors (Lipinski definition) is 2. The molecule has 4 nitrogen and oxygen atoms in total. The summed E-state index contributed by atoms with van der Waals surface area (Å²) in [5.74, 6) is 1.23. The van der Waals surface area contributed by atoms with Gasteiger partial charge in [0.15, 0.2) is 0 Å². The van der Waals surface area contributed by atoms with E-state index in [1.807, 2.05) is 37.3 Å². The minimum Gasteiger partial charge on any atom is -0.457 e. The highest BCUT2D eigenvalue weighted by Gasteiger charge is 2.11. The van der Waals surface area contributed by atoms with Gasteiger partial charge in [0.25, 0.3) is 5.91 Å². The number of aliphatic hydroxyl groups is 1. The number of carbonyl (C=O) groups excluding carboxylic acids is 1. The Kier molecular flexibility index (Phi) is 5.35. The van der Waals surface area contributed by atoms with Gasteiger partial charge in [-0.15, -0.1) is 0 Å². The zero-order valence-corrected chi connectivity index (χ0v) is 12.0. The summed E-state index contributed by atoms with van der Waals surface area (Å²) >= 11 is 0. The van der Waals surface area contributed by atoms with E-state index in [0.717, 1.165) is 5.75 Å². The molecule has 2 N–H and O–H groups in total. The van der Waals surface area contributed by atoms with Crippen LogP contribution in [0.4, 0.5) is 0 Å². The number of rotatable bonds is 6. The van der Waals surface area contributed by atoms with E-state index in [4.69, 9.17) is 9.84 Å². The first-order valence-electron chi connectivity index (χ1n) is 6.97. The van der Waals surface area contributed by atoms with Crippen LogP contribution in [-0.2, 0) is 0 Å². The number of carbonyl (C=O) groups is 1. The SMILES string of the molecule is CC[C@@H](CO)NC(=O)c1ccc(Oc2ccccc2)cc1. The Balaban J connectivity index is 2.00. The van der Waals surface area contributed by atoms with Crippen LogP contribution in [0.25, 0.3) is 0 Å². The maximum atomic E-state index is 12.0. The molecule has 2 aromatic carbocycles. The van der Waals surface area contributed by atoms with Crippen LogP contribution in [0.5, 0.6) is 11.5 Å². The number of aliphatic hydroxyl groups excluding tert-OH is 1. The molecular formula is C17H19NO3. The fraction of sp³-hybridized carbons (Fsp3) is 0.235. The quantitative estimate of drug-likeness (QED) is 0.858. The summed E-state index contributed by atoms with van der Waals surface area (Å²) < 4.78 is 5.66. The Morgan fingerprint density at radius 1 is 1.10 bits per heavy atom. The fourth-order valence-electron chi connectivity index (χ4n) is 1.84. The fourth-order valence-corrected chi connectivity index (χ4v) is 1.84. The molecule has 0 heterocycles. The van der Waals surface area contributed by atoms with Crippen LogP contribution in [0.2, 0.25) is 0 Å². The van der Waals surface area contributed by atoms with Gasteiger partial charge in [0.2, 0.25) is 0 Å². The van der Waals surface area contributed by atoms with Gasteiger partial charge in [-0.1, -0.05) is 25.1 Å². The molecule has 21 heavy (non-hydrogen) atoms. The van der Waals surface area contributed by atoms with Crippen molar-refractivity contribution in [2.45, 2.75) is 19.4 Å². The second-order valence-corrected chi connectivity index (χ2v) is 4.70. The molecule has 2 rings (SSSR count). The third-order valence-corrected chi connectivity index (χ3v) is 3.14. The van der Waals surface area contributed by atoms with Crippen molar-refractivity contribution in [3.63, 3.8) is 0 Å². The first kappa shape index (κ1) is 15.1. The summed E-state index contributed by atoms with van der Waals surface area (Å²) in [6.45, 7) is 1.86. The lowest BCUT2D eigenvalue weighted by molar-refractivity contribution is 0.0915. The lowest BCUT2D eigenvalue weighted by Crippen LogP contribution is -2.36. The number of amides is 1. The largest absolute Gasteiger partial charge is 0.457 e. The van der Waals surface area contributed by atoms with Crippen LogP contribution >= 0.6 is 0 Å². The zero-order chi connectivity index (χ0) is 15.1. The van der Waals surface area contributed by atoms with Crippen molar-refractivity contribution in [3.8, 4) is 11.5 Å². The summed E-state index contributed by atoms with van der Waals surface area (Å²) in [4.78, 5) is 12.0. The van der Waals surface area contributed by atoms with Crippen molar-refractivity contribution >= 4 is 5.91 Å². The van der Waals surface area contributed by atoms with Crippen LogP contribution in [-0.4, -0.2) is 23.7 Å². The Labute approximate surface area is 124 Å². The number of para-hydroxylation sites is 1. The van der Waals surface area contributed by atoms with Gasteiger partial charge in [-0.25, -0.2) is 0 Å². The molecule has 0 aliphatic heterocycles. The normalized spacial score (nSPS) is 11.7. The lowest BCUT2D eigenvalue weighted by Gasteiger charge is -2.14. The van der Waals surface area contributed by atoms with E-state index in [-0.39, 0.29) is 18.6 Å². The summed E-state index contributed by atoms with van der Waals surface area (Å²) in [6, 6.07) is 16.2. The van der Waals surface area contributed by atoms with Crippen molar-refractivity contribution in [1.82, 2.24) is 5.32 Å². The van der Waals surface area contributed by atoms with E-state index in [9.17, 15) is 4.79 Å². The van der Waals surface area contributed by atoms with Gasteiger partial charge in [0, 0.05) is 5.56 Å². The minimum absolute atomic E-state index is 0.0581. The van der Waals surface area contributed by atoms with Gasteiger partial charge >= 0.3 is 0 Å². The van der Waals surface area contributed by atoms with Crippen LogP contribution < -0.4 is 10.1 Å². The number of ether oxygens (including phenoxy) is 1. The number of benzene rings is 2. The molecule has 0 saturated carbocycles. The average molecular weight is 285 g/mol. The molecule has 0 spiro atoms. The molecule has 0 saturated heterocycles. The van der Waals surface area contributed by atoms with Crippen molar-refractivity contribution in [2.75, 3.05) is 6.61 Å². The third kappa shape index (κ3) is 4.33. The monoisotopic (exact) mass is 285 g/mol. The van der Waals surface area contributed by atoms with Crippen LogP contribution in [0, 0.1) is 0 Å². The first-order chi connectivity index (χ1) is 10.2. The van der Waals surface area contributed by atoms with Crippen molar-refractivity contribution in [1.29, 1.82) is 0 Å². The maximum absolute atomic E-state index is 12.0. The molecule has 0 fully saturated rings. The Hall–Kier alpha value is -2.33. The second kappa shape index (κ2) is 7.45. The Morgan fingerprint density at radius 3 is 2.29 bits per heavy atom. The van der Waals surface area contributed by atoms with Crippen LogP contribution in [0.15, 0.2) is 54.6 Å². The van der Waals surface area contributed by atoms with Crippen molar-refractivity contribution in [2.24, 2.45) is 0 Å². The molecule has 1 amide bonds. The van der Waals surface area contributed by atoms with Gasteiger partial charge in [-0.3, -0.25) is 4.79 Å². The zero-order valence-electron chi connectivity index (χ0n) is 12.0. The minimum atomic E-state index is -0.210. The predicted octanol–water partition coefficient (Wildman–Crippen LogP) is 2.98. The summed E-state index contributed by atoms with van der Waals surface area (Å²) in [5.41, 5.74) is 0.544. The molecule has 0 radical (unpaired) electrons. The number of nitrogens with one attached hydrogen (secondary N) is 1. The van der Waals surface area contributed by atoms with E-state index >= 15 is 0 Å². The molecular weight excluding hydrogens is 266 g/mol. The van der Waals surface area contributed by atoms with Gasteiger partial charge in [-0.2, -0.15) is 0 Å². The highest BCUT2D eigenvalue weighted by atomic mass is 16.5. The smallest absolute Gasteiger partial charge is 0.251 e. The van der Waals surface area contributed by atoms with Crippen molar-refractivity contribution < 1.29 is 14.6 Å². The van der Waals surface area contributed by atoms with Gasteiger partial charge in [0.05, 0.1) is 12.6 Å². The molecule has 1 atom stereocenters. The molecule has 0 aliphatic rings. The molecule has 0 aromatic heterocycles. The van der Waals surface area contributed by atoms with Crippen LogP contribution in [0.3, 0.4) is 0 Å².